The molecule has 0 atom stereocenters. The molecule has 0 radical (unpaired) electrons. The number of nitrogens with zero attached hydrogens (tertiary/aromatic N) is 3. The Bertz CT molecular complexity index is 376. The highest BCUT2D eigenvalue weighted by atomic mass is 16.5. The van der Waals surface area contributed by atoms with Crippen LogP contribution in [0.25, 0.3) is 0 Å². The summed E-state index contributed by atoms with van der Waals surface area (Å²) in [4.78, 5) is 19.8. The van der Waals surface area contributed by atoms with Gasteiger partial charge in [0.15, 0.2) is 0 Å². The molecule has 18 heavy (non-hydrogen) atoms. The smallest absolute Gasteiger partial charge is 0.339 e. The molecular formula is C13H21N3O2. The highest BCUT2D eigenvalue weighted by Gasteiger charge is 2.06. The van der Waals surface area contributed by atoms with Gasteiger partial charge in [0.25, 0.3) is 0 Å². The van der Waals surface area contributed by atoms with E-state index in [1.165, 1.54) is 7.11 Å². The van der Waals surface area contributed by atoms with E-state index in [1.807, 2.05) is 6.07 Å². The fraction of sp³-hybridized carbons (Fsp3) is 0.538. The van der Waals surface area contributed by atoms with E-state index >= 15 is 0 Å². The molecule has 1 aromatic rings. The first kappa shape index (κ1) is 14.6. The molecule has 0 fully saturated rings. The number of methoxy groups -OCH3 is 1. The SMILES string of the molecule is COC(=O)c1ccc(CN(C)CCN(C)C)nc1. The van der Waals surface area contributed by atoms with Crippen LogP contribution in [0.1, 0.15) is 16.1 Å². The maximum absolute atomic E-state index is 11.2. The number of ether oxygens (including phenoxy) is 1. The summed E-state index contributed by atoms with van der Waals surface area (Å²) in [5.74, 6) is -0.352. The van der Waals surface area contributed by atoms with Crippen LogP contribution in [0.2, 0.25) is 0 Å². The summed E-state index contributed by atoms with van der Waals surface area (Å²) in [7, 11) is 7.53. The van der Waals surface area contributed by atoms with Gasteiger partial charge in [-0.05, 0) is 33.3 Å². The zero-order chi connectivity index (χ0) is 13.5. The third-order valence-corrected chi connectivity index (χ3v) is 2.61. The Morgan fingerprint density at radius 3 is 2.50 bits per heavy atom. The molecule has 5 heteroatoms. The normalized spacial score (nSPS) is 11.0. The summed E-state index contributed by atoms with van der Waals surface area (Å²) >= 11 is 0. The van der Waals surface area contributed by atoms with Gasteiger partial charge in [0.2, 0.25) is 0 Å². The molecule has 0 aliphatic rings. The molecule has 0 spiro atoms. The van der Waals surface area contributed by atoms with E-state index in [4.69, 9.17) is 0 Å². The van der Waals surface area contributed by atoms with Gasteiger partial charge in [0, 0.05) is 25.8 Å². The Balaban J connectivity index is 2.50. The quantitative estimate of drug-likeness (QED) is 0.702. The monoisotopic (exact) mass is 251 g/mol. The Morgan fingerprint density at radius 2 is 2.00 bits per heavy atom. The van der Waals surface area contributed by atoms with Crippen molar-refractivity contribution in [1.29, 1.82) is 0 Å². The van der Waals surface area contributed by atoms with E-state index < -0.39 is 0 Å². The lowest BCUT2D eigenvalue weighted by Crippen LogP contribution is -2.28. The van der Waals surface area contributed by atoms with E-state index in [0.717, 1.165) is 25.3 Å². The summed E-state index contributed by atoms with van der Waals surface area (Å²) in [6.07, 6.45) is 1.56. The molecule has 0 unspecified atom stereocenters. The summed E-state index contributed by atoms with van der Waals surface area (Å²) in [5.41, 5.74) is 1.43. The number of pyridine rings is 1. The first-order valence-corrected chi connectivity index (χ1v) is 5.89. The molecule has 0 saturated carbocycles. The second kappa shape index (κ2) is 7.08. The minimum absolute atomic E-state index is 0.352. The molecule has 1 heterocycles. The predicted octanol–water partition coefficient (Wildman–Crippen LogP) is 0.862. The molecule has 100 valence electrons. The van der Waals surface area contributed by atoms with Crippen LogP contribution in [-0.4, -0.2) is 62.1 Å². The summed E-state index contributed by atoms with van der Waals surface area (Å²) in [5, 5.41) is 0. The Kier molecular flexibility index (Phi) is 5.74. The van der Waals surface area contributed by atoms with Crippen molar-refractivity contribution in [3.63, 3.8) is 0 Å². The number of carbonyl (C=O) groups excluding carboxylic acids is 1. The topological polar surface area (TPSA) is 45.7 Å². The molecule has 0 saturated heterocycles. The van der Waals surface area contributed by atoms with Gasteiger partial charge in [-0.25, -0.2) is 4.79 Å². The van der Waals surface area contributed by atoms with Crippen LogP contribution in [0.5, 0.6) is 0 Å². The Morgan fingerprint density at radius 1 is 1.28 bits per heavy atom. The first-order valence-electron chi connectivity index (χ1n) is 5.89. The van der Waals surface area contributed by atoms with Gasteiger partial charge in [-0.1, -0.05) is 0 Å². The van der Waals surface area contributed by atoms with E-state index in [0.29, 0.717) is 5.56 Å². The van der Waals surface area contributed by atoms with E-state index in [-0.39, 0.29) is 5.97 Å². The van der Waals surface area contributed by atoms with Crippen molar-refractivity contribution in [1.82, 2.24) is 14.8 Å². The lowest BCUT2D eigenvalue weighted by molar-refractivity contribution is 0.0600. The fourth-order valence-electron chi connectivity index (χ4n) is 1.48. The van der Waals surface area contributed by atoms with Crippen LogP contribution in [0.15, 0.2) is 18.3 Å². The van der Waals surface area contributed by atoms with Crippen LogP contribution in [0, 0.1) is 0 Å². The molecule has 0 N–H and O–H groups in total. The minimum Gasteiger partial charge on any atom is -0.465 e. The summed E-state index contributed by atoms with van der Waals surface area (Å²) in [6, 6.07) is 3.60. The number of hydrogen-bond acceptors (Lipinski definition) is 5. The molecule has 0 bridgehead atoms. The van der Waals surface area contributed by atoms with Crippen molar-refractivity contribution in [3.05, 3.63) is 29.6 Å². The standard InChI is InChI=1S/C13H21N3O2/c1-15(2)7-8-16(3)10-12-6-5-11(9-14-12)13(17)18-4/h5-6,9H,7-8,10H2,1-4H3. The van der Waals surface area contributed by atoms with Crippen molar-refractivity contribution < 1.29 is 9.53 Å². The van der Waals surface area contributed by atoms with Crippen molar-refractivity contribution >= 4 is 5.97 Å². The molecule has 1 aromatic heterocycles. The third-order valence-electron chi connectivity index (χ3n) is 2.61. The number of hydrogen-bond donors (Lipinski definition) is 0. The average molecular weight is 251 g/mol. The second-order valence-corrected chi connectivity index (χ2v) is 4.57. The number of likely N-dealkylation sites (N-methyl/N-ethyl adjacent to an activating group) is 2. The van der Waals surface area contributed by atoms with Crippen molar-refractivity contribution in [3.8, 4) is 0 Å². The number of rotatable bonds is 6. The average Bonchev–Trinajstić information content (AvgIpc) is 2.36. The van der Waals surface area contributed by atoms with Crippen molar-refractivity contribution in [2.45, 2.75) is 6.54 Å². The molecule has 0 aromatic carbocycles. The van der Waals surface area contributed by atoms with Gasteiger partial charge in [-0.15, -0.1) is 0 Å². The first-order chi connectivity index (χ1) is 8.52. The molecule has 0 amide bonds. The van der Waals surface area contributed by atoms with Crippen LogP contribution < -0.4 is 0 Å². The lowest BCUT2D eigenvalue weighted by Gasteiger charge is -2.18. The van der Waals surface area contributed by atoms with E-state index in [1.54, 1.807) is 12.3 Å². The third kappa shape index (κ3) is 4.81. The van der Waals surface area contributed by atoms with Gasteiger partial charge in [-0.2, -0.15) is 0 Å². The molecule has 0 aliphatic heterocycles. The van der Waals surface area contributed by atoms with Gasteiger partial charge in [-0.3, -0.25) is 9.88 Å². The molecule has 1 rings (SSSR count). The summed E-state index contributed by atoms with van der Waals surface area (Å²) < 4.78 is 4.63. The molecular weight excluding hydrogens is 230 g/mol. The van der Waals surface area contributed by atoms with Crippen LogP contribution in [0.3, 0.4) is 0 Å². The van der Waals surface area contributed by atoms with Gasteiger partial charge >= 0.3 is 5.97 Å². The molecule has 0 aliphatic carbocycles. The Labute approximate surface area is 108 Å². The molecule has 5 nitrogen and oxygen atoms in total. The second-order valence-electron chi connectivity index (χ2n) is 4.57. The maximum atomic E-state index is 11.2. The zero-order valence-corrected chi connectivity index (χ0v) is 11.5. The van der Waals surface area contributed by atoms with Gasteiger partial charge in [0.1, 0.15) is 0 Å². The van der Waals surface area contributed by atoms with Gasteiger partial charge < -0.3 is 9.64 Å². The fourth-order valence-corrected chi connectivity index (χ4v) is 1.48. The lowest BCUT2D eigenvalue weighted by atomic mass is 10.2. The van der Waals surface area contributed by atoms with Crippen LogP contribution in [-0.2, 0) is 11.3 Å². The summed E-state index contributed by atoms with van der Waals surface area (Å²) in [6.45, 7) is 2.76. The van der Waals surface area contributed by atoms with E-state index in [9.17, 15) is 4.79 Å². The van der Waals surface area contributed by atoms with Crippen LogP contribution >= 0.6 is 0 Å². The highest BCUT2D eigenvalue weighted by molar-refractivity contribution is 5.88. The highest BCUT2D eigenvalue weighted by Crippen LogP contribution is 2.04. The number of esters is 1. The largest absolute Gasteiger partial charge is 0.465 e. The Hall–Kier alpha value is -1.46. The predicted molar refractivity (Wildman–Crippen MR) is 70.5 cm³/mol. The van der Waals surface area contributed by atoms with E-state index in [2.05, 4.69) is 40.7 Å². The van der Waals surface area contributed by atoms with Crippen molar-refractivity contribution in [2.24, 2.45) is 0 Å². The zero-order valence-electron chi connectivity index (χ0n) is 11.5. The van der Waals surface area contributed by atoms with Crippen molar-refractivity contribution in [2.75, 3.05) is 41.3 Å². The number of aromatic nitrogens is 1. The minimum atomic E-state index is -0.352. The maximum Gasteiger partial charge on any atom is 0.339 e. The van der Waals surface area contributed by atoms with Crippen LogP contribution in [0.4, 0.5) is 0 Å². The van der Waals surface area contributed by atoms with Gasteiger partial charge in [0.05, 0.1) is 18.4 Å². The number of carbonyl (C=O) groups is 1.